The Morgan fingerprint density at radius 2 is 1.42 bits per heavy atom. The third kappa shape index (κ3) is 8.57. The number of hydrogen-bond donors (Lipinski definition) is 5. The van der Waals surface area contributed by atoms with Crippen molar-refractivity contribution in [1.82, 2.24) is 40.8 Å². The summed E-state index contributed by atoms with van der Waals surface area (Å²) in [5.74, 6) is 1.80. The Kier molecular flexibility index (Phi) is 12.2. The van der Waals surface area contributed by atoms with E-state index < -0.39 is 24.3 Å². The predicted octanol–water partition coefficient (Wildman–Crippen LogP) is 7.40. The second kappa shape index (κ2) is 17.9. The molecule has 62 heavy (non-hydrogen) atoms. The summed E-state index contributed by atoms with van der Waals surface area (Å²) in [5.41, 5.74) is 8.69. The van der Waals surface area contributed by atoms with Crippen molar-refractivity contribution < 1.29 is 33.4 Å². The van der Waals surface area contributed by atoms with Gasteiger partial charge in [0.25, 0.3) is 0 Å². The van der Waals surface area contributed by atoms with Gasteiger partial charge in [-0.05, 0) is 84.0 Å². The fourth-order valence-electron chi connectivity index (χ4n) is 9.16. The highest BCUT2D eigenvalue weighted by Crippen LogP contribution is 2.41. The molecule has 3 aliphatic rings. The minimum atomic E-state index is -0.700. The van der Waals surface area contributed by atoms with Gasteiger partial charge in [-0.2, -0.15) is 0 Å². The van der Waals surface area contributed by atoms with Crippen molar-refractivity contribution in [3.8, 4) is 39.3 Å². The summed E-state index contributed by atoms with van der Waals surface area (Å²) >= 11 is 0. The van der Waals surface area contributed by atoms with E-state index in [1.54, 1.807) is 0 Å². The van der Waals surface area contributed by atoms with E-state index in [4.69, 9.17) is 24.2 Å². The summed E-state index contributed by atoms with van der Waals surface area (Å²) in [6, 6.07) is 19.2. The number of nitrogens with zero attached hydrogens (tertiary/aromatic N) is 3. The molecular formula is C47H56N8O7. The number of amides is 4. The number of H-pyrrole nitrogens is 2. The molecule has 4 heterocycles. The third-order valence-corrected chi connectivity index (χ3v) is 12.5. The number of alkyl carbamates (subject to hydrolysis) is 2. The van der Waals surface area contributed by atoms with E-state index in [0.717, 1.165) is 99.7 Å². The van der Waals surface area contributed by atoms with Crippen molar-refractivity contribution in [2.24, 2.45) is 11.8 Å². The molecule has 326 valence electrons. The number of fused-ring (bicyclic) bond motifs is 4. The fraction of sp³-hybridized carbons (Fsp3) is 0.447. The van der Waals surface area contributed by atoms with Crippen LogP contribution in [0.5, 0.6) is 5.75 Å². The zero-order valence-electron chi connectivity index (χ0n) is 36.2. The van der Waals surface area contributed by atoms with E-state index in [2.05, 4.69) is 80.5 Å². The van der Waals surface area contributed by atoms with Gasteiger partial charge >= 0.3 is 12.2 Å². The van der Waals surface area contributed by atoms with E-state index >= 15 is 0 Å². The highest BCUT2D eigenvalue weighted by atomic mass is 16.5. The van der Waals surface area contributed by atoms with Crippen LogP contribution in [0.1, 0.15) is 89.1 Å². The van der Waals surface area contributed by atoms with Crippen molar-refractivity contribution in [3.63, 3.8) is 0 Å². The van der Waals surface area contributed by atoms with Crippen LogP contribution in [-0.4, -0.2) is 94.3 Å². The van der Waals surface area contributed by atoms with Crippen LogP contribution in [0.25, 0.3) is 44.5 Å². The van der Waals surface area contributed by atoms with Gasteiger partial charge in [0, 0.05) is 36.2 Å². The summed E-state index contributed by atoms with van der Waals surface area (Å²) < 4.78 is 15.8. The summed E-state index contributed by atoms with van der Waals surface area (Å²) in [4.78, 5) is 70.0. The summed E-state index contributed by atoms with van der Waals surface area (Å²) in [6.07, 6.45) is 3.70. The number of methoxy groups -OCH3 is 2. The molecule has 5 atom stereocenters. The number of ether oxygens (including phenoxy) is 3. The molecule has 1 saturated carbocycles. The van der Waals surface area contributed by atoms with Gasteiger partial charge in [0.05, 0.1) is 43.6 Å². The van der Waals surface area contributed by atoms with Crippen LogP contribution in [0, 0.1) is 11.8 Å². The Hall–Kier alpha value is -6.38. The van der Waals surface area contributed by atoms with Gasteiger partial charge in [0.2, 0.25) is 11.8 Å². The summed E-state index contributed by atoms with van der Waals surface area (Å²) in [7, 11) is 2.58. The zero-order valence-corrected chi connectivity index (χ0v) is 36.2. The van der Waals surface area contributed by atoms with Crippen molar-refractivity contribution in [2.75, 3.05) is 27.4 Å². The van der Waals surface area contributed by atoms with Crippen LogP contribution in [0.2, 0.25) is 0 Å². The lowest BCUT2D eigenvalue weighted by Gasteiger charge is -2.30. The first-order valence-corrected chi connectivity index (χ1v) is 21.7. The number of aromatic amines is 2. The molecule has 1 unspecified atom stereocenters. The molecule has 8 rings (SSSR count). The Bertz CT molecular complexity index is 2460. The molecule has 1 saturated heterocycles. The molecule has 1 aliphatic carbocycles. The lowest BCUT2D eigenvalue weighted by Crippen LogP contribution is -2.52. The molecule has 5 aromatic rings. The molecule has 15 heteroatoms. The second-order valence-corrected chi connectivity index (χ2v) is 17.2. The first kappa shape index (κ1) is 42.3. The molecule has 2 fully saturated rings. The van der Waals surface area contributed by atoms with Gasteiger partial charge in [-0.1, -0.05) is 70.5 Å². The Labute approximate surface area is 361 Å². The molecule has 0 bridgehead atoms. The van der Waals surface area contributed by atoms with Gasteiger partial charge in [0.15, 0.2) is 0 Å². The number of hydrogen-bond acceptors (Lipinski definition) is 9. The van der Waals surface area contributed by atoms with Crippen molar-refractivity contribution in [3.05, 3.63) is 78.0 Å². The second-order valence-electron chi connectivity index (χ2n) is 17.2. The minimum Gasteiger partial charge on any atom is -0.492 e. The Balaban J connectivity index is 0.966. The average Bonchev–Trinajstić information content (AvgIpc) is 4.09. The predicted molar refractivity (Wildman–Crippen MR) is 234 cm³/mol. The number of benzene rings is 3. The van der Waals surface area contributed by atoms with Crippen molar-refractivity contribution in [1.29, 1.82) is 0 Å². The van der Waals surface area contributed by atoms with Crippen molar-refractivity contribution >= 4 is 35.0 Å². The number of nitrogens with one attached hydrogen (secondary N) is 5. The monoisotopic (exact) mass is 844 g/mol. The van der Waals surface area contributed by atoms with Crippen LogP contribution in [0.3, 0.4) is 0 Å². The van der Waals surface area contributed by atoms with Gasteiger partial charge in [-0.25, -0.2) is 19.6 Å². The van der Waals surface area contributed by atoms with Crippen LogP contribution in [0.15, 0.2) is 60.7 Å². The molecule has 0 radical (unpaired) electrons. The summed E-state index contributed by atoms with van der Waals surface area (Å²) in [6.45, 7) is 8.67. The van der Waals surface area contributed by atoms with E-state index in [1.165, 1.54) is 14.2 Å². The SMILES string of the molecule is COC(=O)NC(C(=O)N[C@H]1CCC[C@@H]1c1nc2ccc(-c3ccc(-c4ccc5c(c4)OCCc4[nH]c([C@@H]6CCCN6C(=O)[C@@H](NC(=O)OC)C(C)C)nc4-5)cc3)cc2[nH]1)C(C)C. The Morgan fingerprint density at radius 1 is 0.758 bits per heavy atom. The normalized spacial score (nSPS) is 19.3. The van der Waals surface area contributed by atoms with Crippen LogP contribution in [-0.2, 0) is 25.5 Å². The first-order valence-electron chi connectivity index (χ1n) is 21.7. The highest BCUT2D eigenvalue weighted by Gasteiger charge is 2.39. The molecule has 15 nitrogen and oxygen atoms in total. The van der Waals surface area contributed by atoms with E-state index in [0.29, 0.717) is 19.6 Å². The van der Waals surface area contributed by atoms with Crippen LogP contribution < -0.4 is 20.7 Å². The highest BCUT2D eigenvalue weighted by molar-refractivity contribution is 5.88. The standard InChI is InChI=1S/C47H56N8O7/c1-25(2)39(53-46(58)60-5)44(56)51-33-10-7-9-31(33)42-48-34-19-17-29(23-36(34)50-42)27-12-14-28(15-13-27)30-16-18-32-38(24-30)62-22-20-35-41(32)52-43(49-35)37-11-8-21-55(37)45(57)40(26(3)4)54-47(59)61-6/h12-19,23-26,31,33,37,39-40H,7-11,20-22H2,1-6H3,(H,48,50)(H,49,52)(H,51,56)(H,53,58)(H,54,59)/t31-,33-,37-,39?,40-/m0/s1. The number of likely N-dealkylation sites (tertiary alicyclic amines) is 1. The molecule has 2 aromatic heterocycles. The Morgan fingerprint density at radius 3 is 2.11 bits per heavy atom. The number of imidazole rings is 2. The molecule has 3 aromatic carbocycles. The molecular weight excluding hydrogens is 789 g/mol. The van der Waals surface area contributed by atoms with Gasteiger partial charge < -0.3 is 45.0 Å². The van der Waals surface area contributed by atoms with Gasteiger partial charge in [-0.3, -0.25) is 9.59 Å². The maximum atomic E-state index is 13.8. The molecule has 0 spiro atoms. The number of rotatable bonds is 11. The summed E-state index contributed by atoms with van der Waals surface area (Å²) in [5, 5.41) is 8.57. The zero-order chi connectivity index (χ0) is 43.7. The lowest BCUT2D eigenvalue weighted by atomic mass is 9.98. The topological polar surface area (TPSA) is 193 Å². The largest absolute Gasteiger partial charge is 0.492 e. The van der Waals surface area contributed by atoms with E-state index in [1.807, 2.05) is 38.7 Å². The van der Waals surface area contributed by atoms with Gasteiger partial charge in [-0.15, -0.1) is 0 Å². The van der Waals surface area contributed by atoms with E-state index in [-0.39, 0.29) is 41.7 Å². The van der Waals surface area contributed by atoms with Crippen LogP contribution >= 0.6 is 0 Å². The van der Waals surface area contributed by atoms with Gasteiger partial charge in [0.1, 0.15) is 29.5 Å². The number of carbonyl (C=O) groups is 4. The van der Waals surface area contributed by atoms with Crippen LogP contribution in [0.4, 0.5) is 9.59 Å². The number of carbonyl (C=O) groups excluding carboxylic acids is 4. The molecule has 2 aliphatic heterocycles. The van der Waals surface area contributed by atoms with E-state index in [9.17, 15) is 19.2 Å². The molecule has 5 N–H and O–H groups in total. The first-order chi connectivity index (χ1) is 29.9. The third-order valence-electron chi connectivity index (χ3n) is 12.5. The maximum Gasteiger partial charge on any atom is 0.407 e. The minimum absolute atomic E-state index is 0.0285. The molecule has 4 amide bonds. The van der Waals surface area contributed by atoms with Crippen molar-refractivity contribution in [2.45, 2.75) is 96.3 Å². The average molecular weight is 845 g/mol. The fourth-order valence-corrected chi connectivity index (χ4v) is 9.16. The lowest BCUT2D eigenvalue weighted by molar-refractivity contribution is -0.135. The smallest absolute Gasteiger partial charge is 0.407 e. The number of aromatic nitrogens is 4. The quantitative estimate of drug-likeness (QED) is 0.0901. The maximum absolute atomic E-state index is 13.8.